The van der Waals surface area contributed by atoms with Crippen LogP contribution in [0, 0.1) is 13.8 Å². The lowest BCUT2D eigenvalue weighted by Gasteiger charge is -2.22. The Morgan fingerprint density at radius 2 is 1.85 bits per heavy atom. The number of nitrogens with one attached hydrogen (secondary N) is 2. The lowest BCUT2D eigenvalue weighted by atomic mass is 9.93. The first kappa shape index (κ1) is 20.1. The molecule has 2 aromatic rings. The third-order valence-electron chi connectivity index (χ3n) is 4.26. The standard InChI is InChI=1S/C20H26N2O3S/c1-14-8-9-18(15(2)12-14)20(22-19(23)10-11-21-3)16-6-5-7-17(13-16)26(4,24)25/h5-9,12-13,20-21H,10-11H2,1-4H3,(H,22,23). The Morgan fingerprint density at radius 1 is 1.12 bits per heavy atom. The van der Waals surface area contributed by atoms with Crippen LogP contribution in [0.4, 0.5) is 0 Å². The lowest BCUT2D eigenvalue weighted by Crippen LogP contribution is -2.31. The molecule has 0 saturated heterocycles. The van der Waals surface area contributed by atoms with Gasteiger partial charge in [0.05, 0.1) is 10.9 Å². The second-order valence-electron chi connectivity index (χ2n) is 6.56. The summed E-state index contributed by atoms with van der Waals surface area (Å²) in [6.45, 7) is 4.59. The fourth-order valence-electron chi connectivity index (χ4n) is 2.89. The van der Waals surface area contributed by atoms with Crippen molar-refractivity contribution < 1.29 is 13.2 Å². The first-order valence-corrected chi connectivity index (χ1v) is 10.4. The van der Waals surface area contributed by atoms with Crippen LogP contribution in [-0.2, 0) is 14.6 Å². The van der Waals surface area contributed by atoms with E-state index in [0.29, 0.717) is 13.0 Å². The van der Waals surface area contributed by atoms with Crippen LogP contribution in [0.2, 0.25) is 0 Å². The van der Waals surface area contributed by atoms with Gasteiger partial charge in [-0.25, -0.2) is 8.42 Å². The first-order chi connectivity index (χ1) is 12.2. The molecule has 140 valence electrons. The van der Waals surface area contributed by atoms with Crippen LogP contribution in [0.5, 0.6) is 0 Å². The number of hydrogen-bond donors (Lipinski definition) is 2. The van der Waals surface area contributed by atoms with Crippen molar-refractivity contribution in [3.05, 3.63) is 64.7 Å². The quantitative estimate of drug-likeness (QED) is 0.781. The molecular formula is C20H26N2O3S. The molecular weight excluding hydrogens is 348 g/mol. The second-order valence-corrected chi connectivity index (χ2v) is 8.57. The van der Waals surface area contributed by atoms with E-state index in [1.807, 2.05) is 32.0 Å². The molecule has 0 aliphatic carbocycles. The van der Waals surface area contributed by atoms with Crippen LogP contribution in [0.1, 0.15) is 34.7 Å². The van der Waals surface area contributed by atoms with Gasteiger partial charge >= 0.3 is 0 Å². The predicted octanol–water partition coefficient (Wildman–Crippen LogP) is 2.52. The average Bonchev–Trinajstić information content (AvgIpc) is 2.58. The second kappa shape index (κ2) is 8.47. The predicted molar refractivity (Wildman–Crippen MR) is 104 cm³/mol. The minimum absolute atomic E-state index is 0.0888. The topological polar surface area (TPSA) is 75.3 Å². The maximum atomic E-state index is 12.3. The maximum absolute atomic E-state index is 12.3. The zero-order valence-electron chi connectivity index (χ0n) is 15.7. The number of hydrogen-bond acceptors (Lipinski definition) is 4. The third-order valence-corrected chi connectivity index (χ3v) is 5.37. The SMILES string of the molecule is CNCCC(=O)NC(c1cccc(S(C)(=O)=O)c1)c1ccc(C)cc1C. The zero-order valence-corrected chi connectivity index (χ0v) is 16.5. The largest absolute Gasteiger partial charge is 0.345 e. The molecule has 0 spiro atoms. The van der Waals surface area contributed by atoms with Crippen molar-refractivity contribution in [2.24, 2.45) is 0 Å². The van der Waals surface area contributed by atoms with Gasteiger partial charge in [0.15, 0.2) is 9.84 Å². The fourth-order valence-corrected chi connectivity index (χ4v) is 3.56. The van der Waals surface area contributed by atoms with Crippen LogP contribution in [0.15, 0.2) is 47.4 Å². The van der Waals surface area contributed by atoms with Gasteiger partial charge in [0.1, 0.15) is 0 Å². The molecule has 0 bridgehead atoms. The highest BCUT2D eigenvalue weighted by atomic mass is 32.2. The highest BCUT2D eigenvalue weighted by molar-refractivity contribution is 7.90. The summed E-state index contributed by atoms with van der Waals surface area (Å²) < 4.78 is 23.8. The Labute approximate surface area is 155 Å². The molecule has 2 aromatic carbocycles. The zero-order chi connectivity index (χ0) is 19.3. The molecule has 5 nitrogen and oxygen atoms in total. The molecule has 6 heteroatoms. The maximum Gasteiger partial charge on any atom is 0.222 e. The van der Waals surface area contributed by atoms with Gasteiger partial charge < -0.3 is 10.6 Å². The van der Waals surface area contributed by atoms with Gasteiger partial charge in [0.2, 0.25) is 5.91 Å². The molecule has 0 radical (unpaired) electrons. The molecule has 1 amide bonds. The lowest BCUT2D eigenvalue weighted by molar-refractivity contribution is -0.121. The first-order valence-electron chi connectivity index (χ1n) is 8.53. The third kappa shape index (κ3) is 5.16. The number of rotatable bonds is 7. The molecule has 0 aromatic heterocycles. The number of carbonyl (C=O) groups excluding carboxylic acids is 1. The summed E-state index contributed by atoms with van der Waals surface area (Å²) in [5, 5.41) is 6.01. The van der Waals surface area contributed by atoms with Gasteiger partial charge in [-0.05, 0) is 49.7 Å². The summed E-state index contributed by atoms with van der Waals surface area (Å²) in [7, 11) is -1.53. The van der Waals surface area contributed by atoms with E-state index in [-0.39, 0.29) is 10.8 Å². The summed E-state index contributed by atoms with van der Waals surface area (Å²) >= 11 is 0. The number of carbonyl (C=O) groups is 1. The highest BCUT2D eigenvalue weighted by Gasteiger charge is 2.20. The Hall–Kier alpha value is -2.18. The number of sulfone groups is 1. The van der Waals surface area contributed by atoms with Gasteiger partial charge in [-0.1, -0.05) is 35.9 Å². The Balaban J connectivity index is 2.48. The molecule has 0 fully saturated rings. The minimum Gasteiger partial charge on any atom is -0.345 e. The van der Waals surface area contributed by atoms with Crippen molar-refractivity contribution in [2.45, 2.75) is 31.2 Å². The van der Waals surface area contributed by atoms with Gasteiger partial charge in [-0.2, -0.15) is 0 Å². The Morgan fingerprint density at radius 3 is 2.46 bits per heavy atom. The smallest absolute Gasteiger partial charge is 0.222 e. The monoisotopic (exact) mass is 374 g/mol. The van der Waals surface area contributed by atoms with Gasteiger partial charge in [-0.3, -0.25) is 4.79 Å². The summed E-state index contributed by atoms with van der Waals surface area (Å²) in [6, 6.07) is 12.4. The van der Waals surface area contributed by atoms with E-state index >= 15 is 0 Å². The Kier molecular flexibility index (Phi) is 6.56. The summed E-state index contributed by atoms with van der Waals surface area (Å²) in [4.78, 5) is 12.6. The van der Waals surface area contributed by atoms with E-state index in [2.05, 4.69) is 16.7 Å². The van der Waals surface area contributed by atoms with E-state index in [4.69, 9.17) is 0 Å². The van der Waals surface area contributed by atoms with Gasteiger partial charge in [-0.15, -0.1) is 0 Å². The molecule has 1 atom stereocenters. The molecule has 2 rings (SSSR count). The Bertz CT molecular complexity index is 892. The molecule has 1 unspecified atom stereocenters. The number of benzene rings is 2. The van der Waals surface area contributed by atoms with Crippen LogP contribution in [0.25, 0.3) is 0 Å². The van der Waals surface area contributed by atoms with Gasteiger partial charge in [0.25, 0.3) is 0 Å². The van der Waals surface area contributed by atoms with E-state index < -0.39 is 15.9 Å². The van der Waals surface area contributed by atoms with Crippen LogP contribution >= 0.6 is 0 Å². The molecule has 0 heterocycles. The minimum atomic E-state index is -3.32. The van der Waals surface area contributed by atoms with Crippen LogP contribution in [0.3, 0.4) is 0 Å². The summed E-state index contributed by atoms with van der Waals surface area (Å²) in [6.07, 6.45) is 1.54. The number of aryl methyl sites for hydroxylation is 2. The molecule has 26 heavy (non-hydrogen) atoms. The molecule has 0 saturated carbocycles. The average molecular weight is 375 g/mol. The molecule has 0 aliphatic heterocycles. The normalized spacial score (nSPS) is 12.6. The van der Waals surface area contributed by atoms with Crippen LogP contribution < -0.4 is 10.6 Å². The van der Waals surface area contributed by atoms with Crippen LogP contribution in [-0.4, -0.2) is 34.2 Å². The van der Waals surface area contributed by atoms with Crippen molar-refractivity contribution in [1.29, 1.82) is 0 Å². The van der Waals surface area contributed by atoms with E-state index in [9.17, 15) is 13.2 Å². The van der Waals surface area contributed by atoms with Crippen molar-refractivity contribution in [3.8, 4) is 0 Å². The highest BCUT2D eigenvalue weighted by Crippen LogP contribution is 2.27. The van der Waals surface area contributed by atoms with Crippen molar-refractivity contribution >= 4 is 15.7 Å². The van der Waals surface area contributed by atoms with E-state index in [1.165, 1.54) is 6.26 Å². The van der Waals surface area contributed by atoms with Crippen molar-refractivity contribution in [2.75, 3.05) is 19.8 Å². The molecule has 2 N–H and O–H groups in total. The number of amides is 1. The fraction of sp³-hybridized carbons (Fsp3) is 0.350. The summed E-state index contributed by atoms with van der Waals surface area (Å²) in [5.74, 6) is -0.0888. The van der Waals surface area contributed by atoms with Crippen molar-refractivity contribution in [1.82, 2.24) is 10.6 Å². The van der Waals surface area contributed by atoms with E-state index in [1.54, 1.807) is 25.2 Å². The van der Waals surface area contributed by atoms with Gasteiger partial charge in [0, 0.05) is 19.2 Å². The van der Waals surface area contributed by atoms with Crippen molar-refractivity contribution in [3.63, 3.8) is 0 Å². The molecule has 0 aliphatic rings. The summed E-state index contributed by atoms with van der Waals surface area (Å²) in [5.41, 5.74) is 3.89. The van der Waals surface area contributed by atoms with E-state index in [0.717, 1.165) is 22.3 Å².